The molecule has 0 aromatic heterocycles. The van der Waals surface area contributed by atoms with Gasteiger partial charge in [-0.15, -0.1) is 0 Å². The van der Waals surface area contributed by atoms with Gasteiger partial charge in [-0.2, -0.15) is 0 Å². The summed E-state index contributed by atoms with van der Waals surface area (Å²) in [5.41, 5.74) is 1.17. The van der Waals surface area contributed by atoms with Crippen LogP contribution >= 0.6 is 0 Å². The van der Waals surface area contributed by atoms with Gasteiger partial charge in [-0.1, -0.05) is 47.0 Å². The Morgan fingerprint density at radius 3 is 2.42 bits per heavy atom. The number of unbranched alkanes of at least 4 members (excludes halogenated alkanes) is 1. The monoisotopic (exact) mass is 360 g/mol. The van der Waals surface area contributed by atoms with Crippen molar-refractivity contribution in [1.82, 2.24) is 0 Å². The Hall–Kier alpha value is -0.0400. The van der Waals surface area contributed by atoms with Crippen LogP contribution < -0.4 is 0 Å². The molecule has 0 radical (unpaired) electrons. The molecule has 0 aromatic rings. The number of fused-ring (bicyclic) bond motifs is 5. The van der Waals surface area contributed by atoms with Gasteiger partial charge in [0.25, 0.3) is 0 Å². The molecule has 0 amide bonds. The van der Waals surface area contributed by atoms with Crippen LogP contribution in [0.3, 0.4) is 0 Å². The summed E-state index contributed by atoms with van der Waals surface area (Å²) in [5, 5.41) is 10.2. The number of hydrogen-bond acceptors (Lipinski definition) is 1. The molecule has 0 saturated heterocycles. The van der Waals surface area contributed by atoms with Gasteiger partial charge in [0.15, 0.2) is 0 Å². The van der Waals surface area contributed by atoms with Gasteiger partial charge >= 0.3 is 0 Å². The smallest absolute Gasteiger partial charge is 0.0543 e. The fourth-order valence-corrected chi connectivity index (χ4v) is 8.94. The van der Waals surface area contributed by atoms with E-state index in [0.717, 1.165) is 48.3 Å². The summed E-state index contributed by atoms with van der Waals surface area (Å²) in [6.45, 7) is 10.2. The van der Waals surface area contributed by atoms with Crippen molar-refractivity contribution in [2.24, 2.45) is 46.3 Å². The van der Waals surface area contributed by atoms with Crippen molar-refractivity contribution < 1.29 is 5.11 Å². The van der Waals surface area contributed by atoms with Crippen molar-refractivity contribution >= 4 is 0 Å². The third kappa shape index (κ3) is 2.90. The van der Waals surface area contributed by atoms with E-state index in [4.69, 9.17) is 0 Å². The largest absolute Gasteiger partial charge is 0.393 e. The van der Waals surface area contributed by atoms with Gasteiger partial charge in [-0.3, -0.25) is 0 Å². The average molecular weight is 361 g/mol. The average Bonchev–Trinajstić information content (AvgIpc) is 2.97. The summed E-state index contributed by atoms with van der Waals surface area (Å²) in [4.78, 5) is 0. The van der Waals surface area contributed by atoms with Gasteiger partial charge in [0, 0.05) is 0 Å². The second-order valence-electron chi connectivity index (χ2n) is 11.4. The molecular formula is C25H44O. The van der Waals surface area contributed by atoms with E-state index in [-0.39, 0.29) is 6.10 Å². The van der Waals surface area contributed by atoms with Gasteiger partial charge < -0.3 is 5.11 Å². The molecule has 0 bridgehead atoms. The number of rotatable bonds is 4. The fraction of sp³-hybridized carbons (Fsp3) is 1.00. The Kier molecular flexibility index (Phi) is 5.26. The molecule has 4 fully saturated rings. The first-order valence-corrected chi connectivity index (χ1v) is 12.1. The first kappa shape index (κ1) is 19.3. The Morgan fingerprint density at radius 1 is 0.923 bits per heavy atom. The Labute approximate surface area is 162 Å². The summed E-state index contributed by atoms with van der Waals surface area (Å²) in [6.07, 6.45) is 16.5. The lowest BCUT2D eigenvalue weighted by atomic mass is 9.44. The predicted molar refractivity (Wildman–Crippen MR) is 110 cm³/mol. The molecule has 9 atom stereocenters. The number of aliphatic hydroxyl groups is 1. The molecular weight excluding hydrogens is 316 g/mol. The van der Waals surface area contributed by atoms with Gasteiger partial charge in [-0.05, 0) is 104 Å². The minimum absolute atomic E-state index is 0.00578. The summed E-state index contributed by atoms with van der Waals surface area (Å²) < 4.78 is 0. The quantitative estimate of drug-likeness (QED) is 0.582. The van der Waals surface area contributed by atoms with Crippen LogP contribution in [0.15, 0.2) is 0 Å². The van der Waals surface area contributed by atoms with E-state index in [9.17, 15) is 5.11 Å². The highest BCUT2D eigenvalue weighted by molar-refractivity contribution is 5.09. The van der Waals surface area contributed by atoms with Crippen LogP contribution in [0.25, 0.3) is 0 Å². The maximum absolute atomic E-state index is 10.2. The van der Waals surface area contributed by atoms with Crippen molar-refractivity contribution in [2.45, 2.75) is 111 Å². The van der Waals surface area contributed by atoms with E-state index in [0.29, 0.717) is 10.8 Å². The third-order valence-corrected chi connectivity index (χ3v) is 10.4. The highest BCUT2D eigenvalue weighted by atomic mass is 16.3. The molecule has 0 aromatic carbocycles. The molecule has 1 nitrogen and oxygen atoms in total. The van der Waals surface area contributed by atoms with Crippen LogP contribution in [0.2, 0.25) is 0 Å². The van der Waals surface area contributed by atoms with Gasteiger partial charge in [0.2, 0.25) is 0 Å². The molecule has 0 aliphatic heterocycles. The zero-order valence-corrected chi connectivity index (χ0v) is 18.0. The Morgan fingerprint density at radius 2 is 1.65 bits per heavy atom. The molecule has 1 heteroatoms. The van der Waals surface area contributed by atoms with E-state index >= 15 is 0 Å². The molecule has 26 heavy (non-hydrogen) atoms. The standard InChI is InChI=1S/C25H44O/c1-5-6-7-17(2)21-10-11-22-20-9-8-18-16-19(26)12-14-24(18,3)23(20)13-15-25(21,22)4/h17-23,26H,5-16H2,1-4H3/t17-,18+,19+,20+,21-,22+,23+,24+,25-/m1/s1. The van der Waals surface area contributed by atoms with Gasteiger partial charge in [0.1, 0.15) is 0 Å². The van der Waals surface area contributed by atoms with Crippen molar-refractivity contribution in [3.63, 3.8) is 0 Å². The molecule has 0 unspecified atom stereocenters. The van der Waals surface area contributed by atoms with Crippen LogP contribution in [-0.4, -0.2) is 11.2 Å². The first-order valence-electron chi connectivity index (χ1n) is 12.1. The molecule has 0 heterocycles. The molecule has 0 spiro atoms. The van der Waals surface area contributed by atoms with Gasteiger partial charge in [0.05, 0.1) is 6.10 Å². The van der Waals surface area contributed by atoms with Crippen LogP contribution in [0.4, 0.5) is 0 Å². The van der Waals surface area contributed by atoms with Crippen LogP contribution in [0, 0.1) is 46.3 Å². The summed E-state index contributed by atoms with van der Waals surface area (Å²) in [7, 11) is 0. The first-order chi connectivity index (χ1) is 12.4. The highest BCUT2D eigenvalue weighted by Gasteiger charge is 2.60. The molecule has 150 valence electrons. The minimum Gasteiger partial charge on any atom is -0.393 e. The van der Waals surface area contributed by atoms with Crippen LogP contribution in [-0.2, 0) is 0 Å². The number of aliphatic hydroxyl groups excluding tert-OH is 1. The normalized spacial score (nSPS) is 52.0. The second-order valence-corrected chi connectivity index (χ2v) is 11.4. The summed E-state index contributed by atoms with van der Waals surface area (Å²) in [6, 6.07) is 0. The van der Waals surface area contributed by atoms with E-state index in [2.05, 4.69) is 27.7 Å². The molecule has 4 rings (SSSR count). The van der Waals surface area contributed by atoms with Crippen molar-refractivity contribution in [2.75, 3.05) is 0 Å². The molecule has 4 saturated carbocycles. The summed E-state index contributed by atoms with van der Waals surface area (Å²) >= 11 is 0. The Balaban J connectivity index is 1.52. The van der Waals surface area contributed by atoms with E-state index in [1.54, 1.807) is 0 Å². The van der Waals surface area contributed by atoms with E-state index in [1.165, 1.54) is 64.2 Å². The third-order valence-electron chi connectivity index (χ3n) is 10.4. The number of hydrogen-bond donors (Lipinski definition) is 1. The summed E-state index contributed by atoms with van der Waals surface area (Å²) in [5.74, 6) is 5.67. The fourth-order valence-electron chi connectivity index (χ4n) is 8.94. The second kappa shape index (κ2) is 7.09. The molecule has 4 aliphatic rings. The molecule has 4 aliphatic carbocycles. The van der Waals surface area contributed by atoms with Crippen LogP contribution in [0.5, 0.6) is 0 Å². The topological polar surface area (TPSA) is 20.2 Å². The SMILES string of the molecule is CCCC[C@@H](C)[C@H]1CC[C@H]2[C@@H]3CC[C@H]4C[C@@H](O)CC[C@]4(C)[C@H]3CC[C@]12C. The van der Waals surface area contributed by atoms with Crippen LogP contribution in [0.1, 0.15) is 105 Å². The zero-order valence-electron chi connectivity index (χ0n) is 18.0. The maximum atomic E-state index is 10.2. The minimum atomic E-state index is -0.00578. The molecule has 1 N–H and O–H groups in total. The van der Waals surface area contributed by atoms with Crippen molar-refractivity contribution in [3.05, 3.63) is 0 Å². The lowest BCUT2D eigenvalue weighted by Gasteiger charge is -2.61. The van der Waals surface area contributed by atoms with E-state index < -0.39 is 0 Å². The van der Waals surface area contributed by atoms with E-state index in [1.807, 2.05) is 0 Å². The van der Waals surface area contributed by atoms with Crippen molar-refractivity contribution in [1.29, 1.82) is 0 Å². The zero-order chi connectivity index (χ0) is 18.5. The van der Waals surface area contributed by atoms with Gasteiger partial charge in [-0.25, -0.2) is 0 Å². The lowest BCUT2D eigenvalue weighted by molar-refractivity contribution is -0.129. The predicted octanol–water partition coefficient (Wildman–Crippen LogP) is 6.83. The Bertz CT molecular complexity index is 500. The maximum Gasteiger partial charge on any atom is 0.0543 e. The van der Waals surface area contributed by atoms with Crippen molar-refractivity contribution in [3.8, 4) is 0 Å². The lowest BCUT2D eigenvalue weighted by Crippen LogP contribution is -2.54. The highest BCUT2D eigenvalue weighted by Crippen LogP contribution is 2.68.